The third-order valence-electron chi connectivity index (χ3n) is 2.82. The number of hydroxylamine groups is 2. The summed E-state index contributed by atoms with van der Waals surface area (Å²) in [6.07, 6.45) is 9.46. The maximum atomic E-state index is 5.08. The van der Waals surface area contributed by atoms with E-state index in [0.717, 1.165) is 12.8 Å². The molecule has 0 fully saturated rings. The van der Waals surface area contributed by atoms with Crippen LogP contribution in [-0.2, 0) is 9.68 Å². The first-order chi connectivity index (χ1) is 6.88. The van der Waals surface area contributed by atoms with Crippen LogP contribution < -0.4 is 11.0 Å². The molecule has 0 radical (unpaired) electrons. The van der Waals surface area contributed by atoms with E-state index in [4.69, 9.17) is 9.68 Å². The van der Waals surface area contributed by atoms with Gasteiger partial charge in [0, 0.05) is 0 Å². The lowest BCUT2D eigenvalue weighted by Gasteiger charge is -2.32. The second-order valence-corrected chi connectivity index (χ2v) is 3.76. The minimum absolute atomic E-state index is 0.354. The molecule has 2 rings (SSSR count). The van der Waals surface area contributed by atoms with Gasteiger partial charge < -0.3 is 9.68 Å². The SMILES string of the molecule is CC(C1CC=CON1)C1CC=CON1. The summed E-state index contributed by atoms with van der Waals surface area (Å²) in [6.45, 7) is 2.19. The highest BCUT2D eigenvalue weighted by Gasteiger charge is 2.27. The van der Waals surface area contributed by atoms with Crippen LogP contribution in [0, 0.1) is 5.92 Å². The van der Waals surface area contributed by atoms with Gasteiger partial charge in [-0.25, -0.2) is 0 Å². The van der Waals surface area contributed by atoms with Gasteiger partial charge in [-0.3, -0.25) is 0 Å². The van der Waals surface area contributed by atoms with E-state index in [-0.39, 0.29) is 0 Å². The molecule has 2 atom stereocenters. The number of nitrogens with one attached hydrogen (secondary N) is 2. The molecule has 78 valence electrons. The highest BCUT2D eigenvalue weighted by atomic mass is 16.6. The number of hydrogen-bond acceptors (Lipinski definition) is 4. The van der Waals surface area contributed by atoms with Gasteiger partial charge in [-0.1, -0.05) is 6.92 Å². The lowest BCUT2D eigenvalue weighted by Crippen LogP contribution is -2.46. The van der Waals surface area contributed by atoms with Crippen LogP contribution in [0.5, 0.6) is 0 Å². The molecule has 4 heteroatoms. The van der Waals surface area contributed by atoms with Gasteiger partial charge in [-0.2, -0.15) is 11.0 Å². The van der Waals surface area contributed by atoms with Gasteiger partial charge in [0.05, 0.1) is 12.1 Å². The zero-order valence-electron chi connectivity index (χ0n) is 8.27. The molecule has 2 aliphatic heterocycles. The molecule has 0 spiro atoms. The molecule has 0 saturated heterocycles. The Morgan fingerprint density at radius 3 is 1.93 bits per heavy atom. The third-order valence-corrected chi connectivity index (χ3v) is 2.82. The maximum absolute atomic E-state index is 5.08. The van der Waals surface area contributed by atoms with Crippen molar-refractivity contribution in [3.63, 3.8) is 0 Å². The largest absolute Gasteiger partial charge is 0.417 e. The molecule has 2 unspecified atom stereocenters. The first-order valence-corrected chi connectivity index (χ1v) is 5.00. The van der Waals surface area contributed by atoms with Crippen LogP contribution in [0.4, 0.5) is 0 Å². The van der Waals surface area contributed by atoms with Crippen molar-refractivity contribution < 1.29 is 9.68 Å². The summed E-state index contributed by atoms with van der Waals surface area (Å²) in [6, 6.07) is 0.709. The van der Waals surface area contributed by atoms with Gasteiger partial charge in [-0.05, 0) is 30.9 Å². The predicted octanol–water partition coefficient (Wildman–Crippen LogP) is 1.24. The fraction of sp³-hybridized carbons (Fsp3) is 0.600. The van der Waals surface area contributed by atoms with Crippen LogP contribution in [0.15, 0.2) is 24.7 Å². The van der Waals surface area contributed by atoms with Crippen molar-refractivity contribution >= 4 is 0 Å². The minimum Gasteiger partial charge on any atom is -0.417 e. The molecule has 0 aliphatic carbocycles. The Morgan fingerprint density at radius 1 is 1.07 bits per heavy atom. The summed E-state index contributed by atoms with van der Waals surface area (Å²) in [5, 5.41) is 0. The van der Waals surface area contributed by atoms with Crippen molar-refractivity contribution in [3.8, 4) is 0 Å². The van der Waals surface area contributed by atoms with E-state index in [1.165, 1.54) is 0 Å². The summed E-state index contributed by atoms with van der Waals surface area (Å²) in [5.41, 5.74) is 6.02. The van der Waals surface area contributed by atoms with E-state index in [1.54, 1.807) is 12.5 Å². The van der Waals surface area contributed by atoms with Crippen LogP contribution in [0.3, 0.4) is 0 Å². The van der Waals surface area contributed by atoms with E-state index in [9.17, 15) is 0 Å². The Bertz CT molecular complexity index is 216. The van der Waals surface area contributed by atoms with E-state index < -0.39 is 0 Å². The zero-order valence-corrected chi connectivity index (χ0v) is 8.27. The Kier molecular flexibility index (Phi) is 3.06. The van der Waals surface area contributed by atoms with Gasteiger partial charge in [-0.15, -0.1) is 0 Å². The van der Waals surface area contributed by atoms with Gasteiger partial charge in [0.2, 0.25) is 0 Å². The molecule has 4 nitrogen and oxygen atoms in total. The quantitative estimate of drug-likeness (QED) is 0.697. The number of hydrogen-bond donors (Lipinski definition) is 2. The standard InChI is InChI=1S/C10H16N2O2/c1-8(9-4-2-6-13-11-9)10-5-3-7-14-12-10/h2-3,6-12H,4-5H2,1H3. The van der Waals surface area contributed by atoms with Crippen molar-refractivity contribution in [2.24, 2.45) is 5.92 Å². The average molecular weight is 196 g/mol. The Hall–Kier alpha value is -1.00. The van der Waals surface area contributed by atoms with Gasteiger partial charge >= 0.3 is 0 Å². The lowest BCUT2D eigenvalue weighted by atomic mass is 9.90. The van der Waals surface area contributed by atoms with Crippen LogP contribution in [0.2, 0.25) is 0 Å². The molecule has 14 heavy (non-hydrogen) atoms. The molecule has 0 aromatic heterocycles. The van der Waals surface area contributed by atoms with Gasteiger partial charge in [0.15, 0.2) is 0 Å². The van der Waals surface area contributed by atoms with E-state index >= 15 is 0 Å². The molecule has 0 aromatic carbocycles. The van der Waals surface area contributed by atoms with Crippen LogP contribution in [0.25, 0.3) is 0 Å². The highest BCUT2D eigenvalue weighted by Crippen LogP contribution is 2.19. The van der Waals surface area contributed by atoms with Crippen molar-refractivity contribution in [3.05, 3.63) is 24.7 Å². The first kappa shape index (κ1) is 9.55. The number of rotatable bonds is 2. The molecule has 2 N–H and O–H groups in total. The molecular formula is C10H16N2O2. The van der Waals surface area contributed by atoms with Crippen LogP contribution in [-0.4, -0.2) is 12.1 Å². The normalized spacial score (nSPS) is 33.2. The fourth-order valence-electron chi connectivity index (χ4n) is 1.77. The summed E-state index contributed by atoms with van der Waals surface area (Å²) in [4.78, 5) is 10.2. The van der Waals surface area contributed by atoms with Gasteiger partial charge in [0.1, 0.15) is 12.5 Å². The van der Waals surface area contributed by atoms with E-state index in [1.807, 2.05) is 12.2 Å². The maximum Gasteiger partial charge on any atom is 0.107 e. The molecule has 2 aliphatic rings. The van der Waals surface area contributed by atoms with Crippen LogP contribution >= 0.6 is 0 Å². The van der Waals surface area contributed by atoms with Crippen molar-refractivity contribution in [1.82, 2.24) is 11.0 Å². The lowest BCUT2D eigenvalue weighted by molar-refractivity contribution is 0.0190. The van der Waals surface area contributed by atoms with Gasteiger partial charge in [0.25, 0.3) is 0 Å². The van der Waals surface area contributed by atoms with E-state index in [2.05, 4.69) is 17.9 Å². The Balaban J connectivity index is 1.89. The molecule has 0 aromatic rings. The summed E-state index contributed by atoms with van der Waals surface area (Å²) >= 11 is 0. The van der Waals surface area contributed by atoms with Crippen molar-refractivity contribution in [1.29, 1.82) is 0 Å². The van der Waals surface area contributed by atoms with E-state index in [0.29, 0.717) is 18.0 Å². The molecule has 2 heterocycles. The minimum atomic E-state index is 0.354. The molecule has 0 bridgehead atoms. The summed E-state index contributed by atoms with van der Waals surface area (Å²) in [7, 11) is 0. The Labute approximate surface area is 83.9 Å². The first-order valence-electron chi connectivity index (χ1n) is 5.00. The third kappa shape index (κ3) is 2.08. The average Bonchev–Trinajstić information content (AvgIpc) is 2.30. The van der Waals surface area contributed by atoms with Crippen molar-refractivity contribution in [2.45, 2.75) is 31.8 Å². The van der Waals surface area contributed by atoms with Crippen molar-refractivity contribution in [2.75, 3.05) is 0 Å². The molecule has 0 saturated carbocycles. The molecular weight excluding hydrogens is 180 g/mol. The second kappa shape index (κ2) is 4.48. The predicted molar refractivity (Wildman–Crippen MR) is 52.7 cm³/mol. The smallest absolute Gasteiger partial charge is 0.107 e. The topological polar surface area (TPSA) is 42.5 Å². The van der Waals surface area contributed by atoms with Crippen LogP contribution in [0.1, 0.15) is 19.8 Å². The molecule has 0 amide bonds. The monoisotopic (exact) mass is 196 g/mol. The second-order valence-electron chi connectivity index (χ2n) is 3.76. The Morgan fingerprint density at radius 2 is 1.57 bits per heavy atom. The highest BCUT2D eigenvalue weighted by molar-refractivity contribution is 4.94. The summed E-state index contributed by atoms with van der Waals surface area (Å²) in [5.74, 6) is 0.463. The zero-order chi connectivity index (χ0) is 9.80. The summed E-state index contributed by atoms with van der Waals surface area (Å²) < 4.78 is 0. The fourth-order valence-corrected chi connectivity index (χ4v) is 1.77.